The highest BCUT2D eigenvalue weighted by Crippen LogP contribution is 2.14. The molecule has 0 aromatic rings. The number of ketones is 2. The fourth-order valence-electron chi connectivity index (χ4n) is 4.36. The van der Waals surface area contributed by atoms with Crippen molar-refractivity contribution in [2.24, 2.45) is 0 Å². The molecule has 0 rings (SSSR count). The summed E-state index contributed by atoms with van der Waals surface area (Å²) in [6, 6.07) is 0. The number of rotatable bonds is 26. The maximum atomic E-state index is 12.0. The lowest BCUT2D eigenvalue weighted by molar-refractivity contribution is -0.136. The molecule has 0 spiro atoms. The molecule has 184 valence electrons. The number of hydrogen-bond donors (Lipinski definition) is 0. The molecule has 2 heteroatoms. The topological polar surface area (TPSA) is 34.1 Å². The lowest BCUT2D eigenvalue weighted by Gasteiger charge is -2.04. The van der Waals surface area contributed by atoms with Crippen LogP contribution in [0.1, 0.15) is 174 Å². The zero-order valence-corrected chi connectivity index (χ0v) is 21.5. The molecule has 0 unspecified atom stereocenters. The molecular formula is C29H56O2. The van der Waals surface area contributed by atoms with Crippen molar-refractivity contribution in [3.8, 4) is 0 Å². The number of carbonyl (C=O) groups excluding carboxylic acids is 2. The van der Waals surface area contributed by atoms with Gasteiger partial charge in [-0.05, 0) is 12.8 Å². The fourth-order valence-corrected chi connectivity index (χ4v) is 4.36. The summed E-state index contributed by atoms with van der Waals surface area (Å²) in [6.07, 6.45) is 30.6. The molecule has 0 saturated carbocycles. The summed E-state index contributed by atoms with van der Waals surface area (Å²) < 4.78 is 0. The molecule has 0 amide bonds. The Bertz CT molecular complexity index is 388. The van der Waals surface area contributed by atoms with Gasteiger partial charge in [0.2, 0.25) is 0 Å². The molecule has 0 bridgehead atoms. The highest BCUT2D eigenvalue weighted by molar-refractivity contribution is 6.37. The van der Waals surface area contributed by atoms with Gasteiger partial charge in [0.1, 0.15) is 0 Å². The zero-order valence-electron chi connectivity index (χ0n) is 21.5. The summed E-state index contributed by atoms with van der Waals surface area (Å²) in [6.45, 7) is 4.53. The van der Waals surface area contributed by atoms with Gasteiger partial charge in [-0.25, -0.2) is 0 Å². The van der Waals surface area contributed by atoms with Crippen LogP contribution in [0, 0.1) is 0 Å². The summed E-state index contributed by atoms with van der Waals surface area (Å²) in [5, 5.41) is 0. The van der Waals surface area contributed by atoms with Crippen molar-refractivity contribution >= 4 is 11.6 Å². The highest BCUT2D eigenvalue weighted by atomic mass is 16.2. The molecule has 0 fully saturated rings. The van der Waals surface area contributed by atoms with Gasteiger partial charge in [0.25, 0.3) is 0 Å². The van der Waals surface area contributed by atoms with Crippen molar-refractivity contribution in [1.82, 2.24) is 0 Å². The highest BCUT2D eigenvalue weighted by Gasteiger charge is 2.12. The molecule has 0 aromatic carbocycles. The van der Waals surface area contributed by atoms with Gasteiger partial charge in [0.05, 0.1) is 0 Å². The largest absolute Gasteiger partial charge is 0.291 e. The second-order valence-corrected chi connectivity index (χ2v) is 9.77. The molecule has 0 atom stereocenters. The number of hydrogen-bond acceptors (Lipinski definition) is 2. The maximum absolute atomic E-state index is 12.0. The average Bonchev–Trinajstić information content (AvgIpc) is 2.77. The summed E-state index contributed by atoms with van der Waals surface area (Å²) in [5.74, 6) is -0.225. The number of carbonyl (C=O) groups is 2. The van der Waals surface area contributed by atoms with Crippen LogP contribution >= 0.6 is 0 Å². The molecule has 0 aliphatic rings. The summed E-state index contributed by atoms with van der Waals surface area (Å²) in [7, 11) is 0. The Morgan fingerprint density at radius 3 is 0.742 bits per heavy atom. The Kier molecular flexibility index (Phi) is 25.1. The fraction of sp³-hybridized carbons (Fsp3) is 0.931. The molecule has 0 aliphatic carbocycles. The van der Waals surface area contributed by atoms with Gasteiger partial charge in [-0.2, -0.15) is 0 Å². The van der Waals surface area contributed by atoms with Crippen molar-refractivity contribution in [2.75, 3.05) is 0 Å². The summed E-state index contributed by atoms with van der Waals surface area (Å²) >= 11 is 0. The van der Waals surface area contributed by atoms with E-state index < -0.39 is 0 Å². The van der Waals surface area contributed by atoms with Gasteiger partial charge < -0.3 is 0 Å². The first kappa shape index (κ1) is 30.3. The molecule has 31 heavy (non-hydrogen) atoms. The maximum Gasteiger partial charge on any atom is 0.198 e. The van der Waals surface area contributed by atoms with Crippen molar-refractivity contribution < 1.29 is 9.59 Å². The van der Waals surface area contributed by atoms with Crippen LogP contribution in [-0.4, -0.2) is 11.6 Å². The second kappa shape index (κ2) is 25.6. The number of Topliss-reactive ketones (excluding diaryl/α,β-unsaturated/α-hetero) is 2. The van der Waals surface area contributed by atoms with E-state index in [9.17, 15) is 9.59 Å². The summed E-state index contributed by atoms with van der Waals surface area (Å²) in [4.78, 5) is 24.0. The quantitative estimate of drug-likeness (QED) is 0.0998. The third-order valence-corrected chi connectivity index (χ3v) is 6.58. The van der Waals surface area contributed by atoms with Crippen molar-refractivity contribution in [2.45, 2.75) is 174 Å². The monoisotopic (exact) mass is 436 g/mol. The lowest BCUT2D eigenvalue weighted by Crippen LogP contribution is -2.13. The van der Waals surface area contributed by atoms with Crippen LogP contribution in [-0.2, 0) is 9.59 Å². The minimum atomic E-state index is -0.112. The predicted octanol–water partition coefficient (Wildman–Crippen LogP) is 9.92. The molecule has 0 saturated heterocycles. The normalized spacial score (nSPS) is 11.2. The van der Waals surface area contributed by atoms with Crippen molar-refractivity contribution in [1.29, 1.82) is 0 Å². The molecule has 0 aliphatic heterocycles. The van der Waals surface area contributed by atoms with E-state index in [1.165, 1.54) is 122 Å². The minimum Gasteiger partial charge on any atom is -0.291 e. The lowest BCUT2D eigenvalue weighted by atomic mass is 10.0. The first-order chi connectivity index (χ1) is 15.2. The van der Waals surface area contributed by atoms with Crippen LogP contribution in [0.4, 0.5) is 0 Å². The Morgan fingerprint density at radius 2 is 0.516 bits per heavy atom. The predicted molar refractivity (Wildman–Crippen MR) is 137 cm³/mol. The zero-order chi connectivity index (χ0) is 22.8. The SMILES string of the molecule is CCCCCCCCCCCCCCCC(=O)C(=O)CCCCCCCCCCCC. The van der Waals surface area contributed by atoms with E-state index in [4.69, 9.17) is 0 Å². The standard InChI is InChI=1S/C29H56O2/c1-3-5-7-9-11-13-15-16-17-19-21-23-25-27-29(31)28(30)26-24-22-20-18-14-12-10-8-6-4-2/h3-27H2,1-2H3. The molecule has 0 radical (unpaired) electrons. The van der Waals surface area contributed by atoms with Crippen LogP contribution in [0.15, 0.2) is 0 Å². The Hall–Kier alpha value is -0.660. The first-order valence-electron chi connectivity index (χ1n) is 14.3. The van der Waals surface area contributed by atoms with E-state index >= 15 is 0 Å². The van der Waals surface area contributed by atoms with Crippen molar-refractivity contribution in [3.05, 3.63) is 0 Å². The van der Waals surface area contributed by atoms with Gasteiger partial charge in [-0.15, -0.1) is 0 Å². The van der Waals surface area contributed by atoms with Gasteiger partial charge in [-0.1, -0.05) is 149 Å². The second-order valence-electron chi connectivity index (χ2n) is 9.77. The smallest absolute Gasteiger partial charge is 0.198 e. The Labute approximate surface area is 195 Å². The molecule has 0 aromatic heterocycles. The van der Waals surface area contributed by atoms with Gasteiger partial charge in [-0.3, -0.25) is 9.59 Å². The van der Waals surface area contributed by atoms with E-state index in [0.29, 0.717) is 12.8 Å². The third-order valence-electron chi connectivity index (χ3n) is 6.58. The molecular weight excluding hydrogens is 380 g/mol. The average molecular weight is 437 g/mol. The van der Waals surface area contributed by atoms with Gasteiger partial charge in [0, 0.05) is 12.8 Å². The van der Waals surface area contributed by atoms with Crippen molar-refractivity contribution in [3.63, 3.8) is 0 Å². The van der Waals surface area contributed by atoms with Crippen LogP contribution in [0.3, 0.4) is 0 Å². The Morgan fingerprint density at radius 1 is 0.323 bits per heavy atom. The van der Waals surface area contributed by atoms with Crippen LogP contribution in [0.5, 0.6) is 0 Å². The Balaban J connectivity index is 3.30. The molecule has 0 heterocycles. The van der Waals surface area contributed by atoms with Gasteiger partial charge in [0.15, 0.2) is 11.6 Å². The van der Waals surface area contributed by atoms with E-state index in [2.05, 4.69) is 13.8 Å². The minimum absolute atomic E-state index is 0.112. The van der Waals surface area contributed by atoms with Crippen LogP contribution in [0.25, 0.3) is 0 Å². The third kappa shape index (κ3) is 23.8. The van der Waals surface area contributed by atoms with E-state index in [-0.39, 0.29) is 11.6 Å². The van der Waals surface area contributed by atoms with E-state index in [1.807, 2.05) is 0 Å². The number of unbranched alkanes of at least 4 members (excludes halogenated alkanes) is 21. The van der Waals surface area contributed by atoms with Crippen LogP contribution < -0.4 is 0 Å². The van der Waals surface area contributed by atoms with E-state index in [1.54, 1.807) is 0 Å². The van der Waals surface area contributed by atoms with Crippen LogP contribution in [0.2, 0.25) is 0 Å². The van der Waals surface area contributed by atoms with Gasteiger partial charge >= 0.3 is 0 Å². The summed E-state index contributed by atoms with van der Waals surface area (Å²) in [5.41, 5.74) is 0. The first-order valence-corrected chi connectivity index (χ1v) is 14.3. The van der Waals surface area contributed by atoms with E-state index in [0.717, 1.165) is 25.7 Å². The molecule has 0 N–H and O–H groups in total. The molecule has 2 nitrogen and oxygen atoms in total.